The van der Waals surface area contributed by atoms with Crippen molar-refractivity contribution in [3.8, 4) is 5.69 Å². The van der Waals surface area contributed by atoms with E-state index in [1.165, 1.54) is 12.7 Å². The van der Waals surface area contributed by atoms with Crippen molar-refractivity contribution >= 4 is 28.8 Å². The molecule has 9 heteroatoms. The first kappa shape index (κ1) is 25.8. The number of hydrogen-bond acceptors (Lipinski definition) is 6. The van der Waals surface area contributed by atoms with E-state index in [0.717, 1.165) is 52.9 Å². The topological polar surface area (TPSA) is 93.0 Å². The van der Waals surface area contributed by atoms with Crippen molar-refractivity contribution in [2.45, 2.75) is 64.5 Å². The highest BCUT2D eigenvalue weighted by atomic mass is 32.1. The summed E-state index contributed by atoms with van der Waals surface area (Å²) in [5.41, 5.74) is 4.23. The van der Waals surface area contributed by atoms with E-state index in [2.05, 4.69) is 20.8 Å². The van der Waals surface area contributed by atoms with Gasteiger partial charge in [-0.05, 0) is 77.9 Å². The van der Waals surface area contributed by atoms with Crippen LogP contribution >= 0.6 is 11.3 Å². The first-order chi connectivity index (χ1) is 18.5. The van der Waals surface area contributed by atoms with Crippen LogP contribution in [0.15, 0.2) is 66.3 Å². The third kappa shape index (κ3) is 5.83. The van der Waals surface area contributed by atoms with Gasteiger partial charge in [-0.2, -0.15) is 0 Å². The highest BCUT2D eigenvalue weighted by molar-refractivity contribution is 7.10. The molecule has 196 valence electrons. The molecule has 2 amide bonds. The van der Waals surface area contributed by atoms with Crippen LogP contribution in [-0.4, -0.2) is 38.1 Å². The van der Waals surface area contributed by atoms with Crippen LogP contribution in [0.3, 0.4) is 0 Å². The first-order valence-electron chi connectivity index (χ1n) is 13.0. The molecule has 0 unspecified atom stereocenters. The Labute approximate surface area is 226 Å². The van der Waals surface area contributed by atoms with Gasteiger partial charge in [0.25, 0.3) is 0 Å². The molecule has 0 radical (unpaired) electrons. The van der Waals surface area contributed by atoms with E-state index in [0.29, 0.717) is 5.69 Å². The van der Waals surface area contributed by atoms with E-state index in [9.17, 15) is 9.59 Å². The normalized spacial score (nSPS) is 14.7. The number of anilines is 1. The number of thiophene rings is 1. The Bertz CT molecular complexity index is 1360. The van der Waals surface area contributed by atoms with Gasteiger partial charge in [0, 0.05) is 16.6 Å². The van der Waals surface area contributed by atoms with Gasteiger partial charge in [0.2, 0.25) is 11.8 Å². The summed E-state index contributed by atoms with van der Waals surface area (Å²) in [5.74, 6) is -0.283. The van der Waals surface area contributed by atoms with Gasteiger partial charge in [0.15, 0.2) is 0 Å². The van der Waals surface area contributed by atoms with Crippen molar-refractivity contribution in [1.82, 2.24) is 25.5 Å². The van der Waals surface area contributed by atoms with Crippen LogP contribution < -0.4 is 10.2 Å². The van der Waals surface area contributed by atoms with Crippen LogP contribution in [0.25, 0.3) is 5.69 Å². The zero-order chi connectivity index (χ0) is 26.5. The Balaban J connectivity index is 1.57. The second kappa shape index (κ2) is 11.7. The molecule has 1 atom stereocenters. The zero-order valence-corrected chi connectivity index (χ0v) is 22.5. The van der Waals surface area contributed by atoms with Gasteiger partial charge in [-0.3, -0.25) is 14.5 Å². The van der Waals surface area contributed by atoms with Crippen molar-refractivity contribution < 1.29 is 9.59 Å². The van der Waals surface area contributed by atoms with Crippen LogP contribution in [0.5, 0.6) is 0 Å². The minimum absolute atomic E-state index is 0.127. The molecular formula is C29H32N6O2S. The van der Waals surface area contributed by atoms with E-state index in [4.69, 9.17) is 0 Å². The third-order valence-electron chi connectivity index (χ3n) is 7.08. The molecule has 1 aliphatic carbocycles. The van der Waals surface area contributed by atoms with Crippen LogP contribution in [0.1, 0.15) is 59.7 Å². The molecule has 0 aliphatic heterocycles. The summed E-state index contributed by atoms with van der Waals surface area (Å²) in [6, 6.07) is 16.8. The summed E-state index contributed by atoms with van der Waals surface area (Å²) in [4.78, 5) is 30.7. The van der Waals surface area contributed by atoms with Crippen molar-refractivity contribution in [3.63, 3.8) is 0 Å². The zero-order valence-electron chi connectivity index (χ0n) is 21.7. The summed E-state index contributed by atoms with van der Waals surface area (Å²) in [6.45, 7) is 3.97. The summed E-state index contributed by atoms with van der Waals surface area (Å²) in [5, 5.41) is 16.7. The molecule has 2 aromatic heterocycles. The summed E-state index contributed by atoms with van der Waals surface area (Å²) in [7, 11) is 0. The number of nitrogens with zero attached hydrogens (tertiary/aromatic N) is 5. The smallest absolute Gasteiger partial charge is 0.248 e. The van der Waals surface area contributed by atoms with Crippen LogP contribution in [-0.2, 0) is 16.0 Å². The molecule has 1 fully saturated rings. The molecule has 38 heavy (non-hydrogen) atoms. The van der Waals surface area contributed by atoms with Gasteiger partial charge in [-0.1, -0.05) is 55.2 Å². The lowest BCUT2D eigenvalue weighted by molar-refractivity contribution is -0.127. The van der Waals surface area contributed by atoms with E-state index < -0.39 is 6.04 Å². The number of amides is 2. The fraction of sp³-hybridized carbons (Fsp3) is 0.345. The number of nitrogens with one attached hydrogen (secondary N) is 1. The van der Waals surface area contributed by atoms with E-state index in [1.54, 1.807) is 20.9 Å². The molecule has 1 aliphatic rings. The molecular weight excluding hydrogens is 496 g/mol. The van der Waals surface area contributed by atoms with Crippen LogP contribution in [0.4, 0.5) is 5.69 Å². The number of hydrogen-bond donors (Lipinski definition) is 1. The number of carbonyl (C=O) groups excluding carboxylic acids is 2. The second-order valence-electron chi connectivity index (χ2n) is 9.90. The quantitative estimate of drug-likeness (QED) is 0.343. The van der Waals surface area contributed by atoms with Gasteiger partial charge in [-0.25, -0.2) is 4.68 Å². The largest absolute Gasteiger partial charge is 0.351 e. The fourth-order valence-electron chi connectivity index (χ4n) is 5.10. The molecule has 4 aromatic rings. The number of aryl methyl sites for hydroxylation is 2. The molecule has 2 aromatic carbocycles. The Morgan fingerprint density at radius 3 is 2.53 bits per heavy atom. The van der Waals surface area contributed by atoms with Crippen molar-refractivity contribution in [1.29, 1.82) is 0 Å². The molecule has 0 spiro atoms. The highest BCUT2D eigenvalue weighted by Crippen LogP contribution is 2.32. The monoisotopic (exact) mass is 528 g/mol. The molecule has 2 heterocycles. The second-order valence-corrected chi connectivity index (χ2v) is 10.9. The number of benzene rings is 2. The maximum Gasteiger partial charge on any atom is 0.248 e. The Hall–Kier alpha value is -3.85. The lowest BCUT2D eigenvalue weighted by atomic mass is 9.94. The predicted octanol–water partition coefficient (Wildman–Crippen LogP) is 5.11. The van der Waals surface area contributed by atoms with Crippen LogP contribution in [0.2, 0.25) is 0 Å². The van der Waals surface area contributed by atoms with Gasteiger partial charge in [0.1, 0.15) is 12.4 Å². The lowest BCUT2D eigenvalue weighted by Crippen LogP contribution is -2.47. The molecule has 0 bridgehead atoms. The predicted molar refractivity (Wildman–Crippen MR) is 148 cm³/mol. The molecule has 1 saturated carbocycles. The lowest BCUT2D eigenvalue weighted by Gasteiger charge is -2.34. The molecule has 5 rings (SSSR count). The number of rotatable bonds is 8. The van der Waals surface area contributed by atoms with Crippen LogP contribution in [0, 0.1) is 13.8 Å². The van der Waals surface area contributed by atoms with Crippen molar-refractivity contribution in [2.24, 2.45) is 0 Å². The third-order valence-corrected chi connectivity index (χ3v) is 7.96. The Kier molecular flexibility index (Phi) is 7.93. The first-order valence-corrected chi connectivity index (χ1v) is 13.9. The summed E-state index contributed by atoms with van der Waals surface area (Å²) < 4.78 is 1.59. The average molecular weight is 529 g/mol. The van der Waals surface area contributed by atoms with Gasteiger partial charge >= 0.3 is 0 Å². The number of carbonyl (C=O) groups is 2. The van der Waals surface area contributed by atoms with Gasteiger partial charge in [0.05, 0.1) is 12.1 Å². The van der Waals surface area contributed by atoms with Crippen molar-refractivity contribution in [3.05, 3.63) is 87.9 Å². The Morgan fingerprint density at radius 2 is 1.87 bits per heavy atom. The van der Waals surface area contributed by atoms with Gasteiger partial charge in [-0.15, -0.1) is 16.4 Å². The SMILES string of the molecule is Cc1ccc([C@H](C(=O)NC2CCCCC2)N(C(=O)Cc2cccs2)c2ccc(-n3cnnn3)c(C)c2)cc1. The summed E-state index contributed by atoms with van der Waals surface area (Å²) in [6.07, 6.45) is 7.10. The Morgan fingerprint density at radius 1 is 1.08 bits per heavy atom. The molecule has 8 nitrogen and oxygen atoms in total. The van der Waals surface area contributed by atoms with E-state index >= 15 is 0 Å². The minimum atomic E-state index is -0.803. The molecule has 1 N–H and O–H groups in total. The molecule has 0 saturated heterocycles. The van der Waals surface area contributed by atoms with E-state index in [1.807, 2.05) is 73.8 Å². The maximum atomic E-state index is 14.0. The highest BCUT2D eigenvalue weighted by Gasteiger charge is 2.34. The fourth-order valence-corrected chi connectivity index (χ4v) is 5.79. The van der Waals surface area contributed by atoms with Crippen molar-refractivity contribution in [2.75, 3.05) is 4.90 Å². The number of tetrazole rings is 1. The standard InChI is InChI=1S/C29H32N6O2S/c1-20-10-12-22(13-11-20)28(29(37)31-23-7-4-3-5-8-23)35(27(36)18-25-9-6-16-38-25)24-14-15-26(21(2)17-24)34-19-30-32-33-34/h6,9-17,19,23,28H,3-5,7-8,18H2,1-2H3,(H,31,37)/t28-/m1/s1. The average Bonchev–Trinajstić information content (AvgIpc) is 3.63. The summed E-state index contributed by atoms with van der Waals surface area (Å²) >= 11 is 1.54. The van der Waals surface area contributed by atoms with Gasteiger partial charge < -0.3 is 5.32 Å². The number of aromatic nitrogens is 4. The maximum absolute atomic E-state index is 14.0. The minimum Gasteiger partial charge on any atom is -0.351 e. The van der Waals surface area contributed by atoms with E-state index in [-0.39, 0.29) is 24.3 Å².